The molecule has 1 aromatic heterocycles. The van der Waals surface area contributed by atoms with E-state index in [0.29, 0.717) is 5.70 Å². The van der Waals surface area contributed by atoms with E-state index in [1.165, 1.54) is 0 Å². The lowest BCUT2D eigenvalue weighted by Gasteiger charge is -2.15. The normalized spacial score (nSPS) is 15.6. The first-order valence-corrected chi connectivity index (χ1v) is 5.62. The third-order valence-electron chi connectivity index (χ3n) is 2.38. The molecule has 3 nitrogen and oxygen atoms in total. The summed E-state index contributed by atoms with van der Waals surface area (Å²) < 4.78 is 0. The molecular formula is C10H12N2OS. The van der Waals surface area contributed by atoms with Crippen LogP contribution in [0.4, 0.5) is 0 Å². The van der Waals surface area contributed by atoms with Crippen LogP contribution in [0.1, 0.15) is 23.5 Å². The number of hydrogen-bond donors (Lipinski definition) is 0. The van der Waals surface area contributed by atoms with Crippen LogP contribution in [0.25, 0.3) is 5.70 Å². The summed E-state index contributed by atoms with van der Waals surface area (Å²) in [6.45, 7) is 3.86. The van der Waals surface area contributed by atoms with Crippen molar-refractivity contribution in [1.29, 1.82) is 0 Å². The van der Waals surface area contributed by atoms with Crippen LogP contribution >= 0.6 is 11.3 Å². The van der Waals surface area contributed by atoms with E-state index in [2.05, 4.69) is 9.88 Å². The minimum Gasteiger partial charge on any atom is -0.361 e. The Balaban J connectivity index is 2.26. The third-order valence-corrected chi connectivity index (χ3v) is 3.15. The maximum Gasteiger partial charge on any atom is 0.152 e. The van der Waals surface area contributed by atoms with Crippen molar-refractivity contribution in [3.63, 3.8) is 0 Å². The second kappa shape index (κ2) is 3.95. The second-order valence-corrected chi connectivity index (χ2v) is 4.46. The Kier molecular flexibility index (Phi) is 2.66. The molecule has 1 saturated heterocycles. The molecular weight excluding hydrogens is 196 g/mol. The Morgan fingerprint density at radius 2 is 2.29 bits per heavy atom. The number of carbonyl (C=O) groups excluding carboxylic acids is 1. The Bertz CT molecular complexity index is 373. The van der Waals surface area contributed by atoms with Crippen molar-refractivity contribution in [3.05, 3.63) is 16.1 Å². The molecule has 0 unspecified atom stereocenters. The van der Waals surface area contributed by atoms with Gasteiger partial charge < -0.3 is 4.90 Å². The summed E-state index contributed by atoms with van der Waals surface area (Å²) in [7, 11) is 0. The zero-order valence-electron chi connectivity index (χ0n) is 8.12. The molecule has 0 spiro atoms. The summed E-state index contributed by atoms with van der Waals surface area (Å²) in [5.41, 5.74) is 1.41. The first-order valence-electron chi connectivity index (χ1n) is 4.74. The molecule has 1 aromatic rings. The van der Waals surface area contributed by atoms with Crippen molar-refractivity contribution in [2.75, 3.05) is 13.1 Å². The van der Waals surface area contributed by atoms with E-state index >= 15 is 0 Å². The highest BCUT2D eigenvalue weighted by molar-refractivity contribution is 7.09. The Morgan fingerprint density at radius 1 is 1.57 bits per heavy atom. The van der Waals surface area contributed by atoms with Gasteiger partial charge in [0.1, 0.15) is 11.4 Å². The van der Waals surface area contributed by atoms with Gasteiger partial charge in [-0.15, -0.1) is 11.3 Å². The van der Waals surface area contributed by atoms with Gasteiger partial charge in [-0.25, -0.2) is 9.78 Å². The molecule has 2 heterocycles. The fourth-order valence-electron chi connectivity index (χ4n) is 1.69. The molecule has 1 aliphatic rings. The SMILES string of the molecule is Cc1nc(C(=C=O)N2CCCC2)cs1. The standard InChI is InChI=1S/C10H12N2OS/c1-8-11-9(7-14-8)10(6-13)12-4-2-3-5-12/h7H,2-5H2,1H3. The molecule has 74 valence electrons. The number of aryl methyl sites for hydroxylation is 1. The highest BCUT2D eigenvalue weighted by Gasteiger charge is 2.18. The van der Waals surface area contributed by atoms with Gasteiger partial charge in [-0.1, -0.05) is 0 Å². The van der Waals surface area contributed by atoms with Crippen molar-refractivity contribution >= 4 is 23.0 Å². The number of hydrogen-bond acceptors (Lipinski definition) is 4. The number of nitrogens with zero attached hydrogens (tertiary/aromatic N) is 2. The van der Waals surface area contributed by atoms with E-state index in [1.807, 2.05) is 18.2 Å². The molecule has 1 aliphatic heterocycles. The van der Waals surface area contributed by atoms with Gasteiger partial charge >= 0.3 is 0 Å². The summed E-state index contributed by atoms with van der Waals surface area (Å²) >= 11 is 1.57. The van der Waals surface area contributed by atoms with Crippen LogP contribution in [-0.4, -0.2) is 28.9 Å². The average molecular weight is 208 g/mol. The van der Waals surface area contributed by atoms with Crippen LogP contribution in [0.15, 0.2) is 5.38 Å². The topological polar surface area (TPSA) is 33.2 Å². The van der Waals surface area contributed by atoms with Gasteiger partial charge in [0.25, 0.3) is 0 Å². The van der Waals surface area contributed by atoms with Crippen LogP contribution in [0, 0.1) is 6.92 Å². The molecule has 2 rings (SSSR count). The van der Waals surface area contributed by atoms with Crippen LogP contribution in [0.5, 0.6) is 0 Å². The minimum atomic E-state index is 0.631. The van der Waals surface area contributed by atoms with Crippen molar-refractivity contribution in [2.24, 2.45) is 0 Å². The van der Waals surface area contributed by atoms with Gasteiger partial charge in [0, 0.05) is 18.5 Å². The number of aromatic nitrogens is 1. The average Bonchev–Trinajstić information content (AvgIpc) is 2.79. The number of likely N-dealkylation sites (tertiary alicyclic amines) is 1. The largest absolute Gasteiger partial charge is 0.361 e. The van der Waals surface area contributed by atoms with E-state index in [4.69, 9.17) is 0 Å². The molecule has 0 amide bonds. The minimum absolute atomic E-state index is 0.631. The lowest BCUT2D eigenvalue weighted by atomic mass is 10.3. The lowest BCUT2D eigenvalue weighted by molar-refractivity contribution is 0.488. The summed E-state index contributed by atoms with van der Waals surface area (Å²) in [5, 5.41) is 2.92. The first-order chi connectivity index (χ1) is 6.81. The smallest absolute Gasteiger partial charge is 0.152 e. The fourth-order valence-corrected chi connectivity index (χ4v) is 2.29. The van der Waals surface area contributed by atoms with Gasteiger partial charge in [-0.3, -0.25) is 0 Å². The quantitative estimate of drug-likeness (QED) is 0.694. The monoisotopic (exact) mass is 208 g/mol. The van der Waals surface area contributed by atoms with Crippen LogP contribution in [-0.2, 0) is 4.79 Å². The summed E-state index contributed by atoms with van der Waals surface area (Å²) in [6.07, 6.45) is 2.32. The van der Waals surface area contributed by atoms with Crippen LogP contribution < -0.4 is 0 Å². The molecule has 0 saturated carbocycles. The van der Waals surface area contributed by atoms with Crippen LogP contribution in [0.3, 0.4) is 0 Å². The van der Waals surface area contributed by atoms with Gasteiger partial charge in [0.2, 0.25) is 0 Å². The summed E-state index contributed by atoms with van der Waals surface area (Å²) in [6, 6.07) is 0. The predicted octanol–water partition coefficient (Wildman–Crippen LogP) is 1.72. The third kappa shape index (κ3) is 1.72. The number of rotatable bonds is 2. The fraction of sp³-hybridized carbons (Fsp3) is 0.500. The number of thiazole rings is 1. The molecule has 0 aromatic carbocycles. The van der Waals surface area contributed by atoms with Crippen molar-refractivity contribution in [3.8, 4) is 0 Å². The Labute approximate surface area is 87.1 Å². The molecule has 0 atom stereocenters. The lowest BCUT2D eigenvalue weighted by Crippen LogP contribution is -2.18. The van der Waals surface area contributed by atoms with Crippen molar-refractivity contribution < 1.29 is 4.79 Å². The van der Waals surface area contributed by atoms with Gasteiger partial charge in [-0.2, -0.15) is 0 Å². The second-order valence-electron chi connectivity index (χ2n) is 3.40. The first kappa shape index (κ1) is 9.44. The molecule has 0 bridgehead atoms. The summed E-state index contributed by atoms with van der Waals surface area (Å²) in [5.74, 6) is 2.01. The van der Waals surface area contributed by atoms with E-state index in [1.54, 1.807) is 11.3 Å². The molecule has 0 N–H and O–H groups in total. The van der Waals surface area contributed by atoms with E-state index in [9.17, 15) is 4.79 Å². The van der Waals surface area contributed by atoms with Gasteiger partial charge in [0.05, 0.1) is 5.01 Å². The van der Waals surface area contributed by atoms with Crippen molar-refractivity contribution in [2.45, 2.75) is 19.8 Å². The van der Waals surface area contributed by atoms with E-state index in [-0.39, 0.29) is 0 Å². The molecule has 1 fully saturated rings. The maximum absolute atomic E-state index is 10.9. The molecule has 14 heavy (non-hydrogen) atoms. The Hall–Kier alpha value is -1.12. The zero-order chi connectivity index (χ0) is 9.97. The zero-order valence-corrected chi connectivity index (χ0v) is 8.93. The molecule has 4 heteroatoms. The predicted molar refractivity (Wildman–Crippen MR) is 56.8 cm³/mol. The van der Waals surface area contributed by atoms with E-state index in [0.717, 1.165) is 36.6 Å². The maximum atomic E-state index is 10.9. The highest BCUT2D eigenvalue weighted by atomic mass is 32.1. The Morgan fingerprint density at radius 3 is 2.79 bits per heavy atom. The highest BCUT2D eigenvalue weighted by Crippen LogP contribution is 2.22. The molecule has 0 aliphatic carbocycles. The van der Waals surface area contributed by atoms with Crippen LogP contribution in [0.2, 0.25) is 0 Å². The van der Waals surface area contributed by atoms with Gasteiger partial charge in [0.15, 0.2) is 5.94 Å². The summed E-state index contributed by atoms with van der Waals surface area (Å²) in [4.78, 5) is 17.2. The van der Waals surface area contributed by atoms with Gasteiger partial charge in [-0.05, 0) is 19.8 Å². The molecule has 0 radical (unpaired) electrons. The van der Waals surface area contributed by atoms with E-state index < -0.39 is 0 Å². The van der Waals surface area contributed by atoms with Crippen molar-refractivity contribution in [1.82, 2.24) is 9.88 Å².